The number of benzene rings is 2. The Labute approximate surface area is 177 Å². The fourth-order valence-electron chi connectivity index (χ4n) is 2.60. The van der Waals surface area contributed by atoms with Gasteiger partial charge in [-0.3, -0.25) is 4.79 Å². The van der Waals surface area contributed by atoms with Crippen molar-refractivity contribution in [3.8, 4) is 16.3 Å². The molecular formula is C21H19ClN2O4S. The second-order valence-corrected chi connectivity index (χ2v) is 7.63. The van der Waals surface area contributed by atoms with Gasteiger partial charge in [-0.2, -0.15) is 0 Å². The van der Waals surface area contributed by atoms with Crippen LogP contribution in [-0.2, 0) is 9.53 Å². The van der Waals surface area contributed by atoms with Crippen molar-refractivity contribution < 1.29 is 19.1 Å². The van der Waals surface area contributed by atoms with Crippen LogP contribution >= 0.6 is 22.9 Å². The minimum atomic E-state index is -0.586. The van der Waals surface area contributed by atoms with Gasteiger partial charge in [0.15, 0.2) is 6.61 Å². The summed E-state index contributed by atoms with van der Waals surface area (Å²) in [5.74, 6) is -0.647. The smallest absolute Gasteiger partial charge is 0.350 e. The number of methoxy groups -OCH3 is 1. The summed E-state index contributed by atoms with van der Waals surface area (Å²) in [5, 5.41) is 3.92. The van der Waals surface area contributed by atoms with E-state index >= 15 is 0 Å². The largest absolute Gasteiger partial charge is 0.495 e. The minimum absolute atomic E-state index is 0.372. The number of thiazole rings is 1. The Balaban J connectivity index is 1.65. The van der Waals surface area contributed by atoms with Gasteiger partial charge in [-0.05, 0) is 25.5 Å². The third-order valence-corrected chi connectivity index (χ3v) is 5.69. The van der Waals surface area contributed by atoms with Crippen LogP contribution in [0.3, 0.4) is 0 Å². The molecule has 1 heterocycles. The summed E-state index contributed by atoms with van der Waals surface area (Å²) in [6.07, 6.45) is 0. The van der Waals surface area contributed by atoms with Gasteiger partial charge in [-0.15, -0.1) is 11.3 Å². The highest BCUT2D eigenvalue weighted by atomic mass is 35.5. The third kappa shape index (κ3) is 4.93. The normalized spacial score (nSPS) is 10.5. The molecule has 0 aliphatic heterocycles. The Morgan fingerprint density at radius 1 is 1.17 bits per heavy atom. The second-order valence-electron chi connectivity index (χ2n) is 6.23. The first-order chi connectivity index (χ1) is 13.9. The SMILES string of the molecule is COc1cc(Cl)c(C)cc1NC(=O)COC(=O)c1sc(-c2ccccc2)nc1C. The van der Waals surface area contributed by atoms with Crippen molar-refractivity contribution in [1.82, 2.24) is 4.98 Å². The number of nitrogens with one attached hydrogen (secondary N) is 1. The van der Waals surface area contributed by atoms with E-state index in [2.05, 4.69) is 10.3 Å². The highest BCUT2D eigenvalue weighted by molar-refractivity contribution is 7.17. The van der Waals surface area contributed by atoms with Crippen LogP contribution in [0.15, 0.2) is 42.5 Å². The molecule has 6 nitrogen and oxygen atoms in total. The van der Waals surface area contributed by atoms with E-state index in [4.69, 9.17) is 21.1 Å². The number of ether oxygens (including phenoxy) is 2. The van der Waals surface area contributed by atoms with Gasteiger partial charge in [0.2, 0.25) is 0 Å². The molecule has 0 saturated carbocycles. The van der Waals surface area contributed by atoms with Crippen LogP contribution in [0.4, 0.5) is 5.69 Å². The maximum absolute atomic E-state index is 12.4. The van der Waals surface area contributed by atoms with Crippen LogP contribution in [0.1, 0.15) is 20.9 Å². The number of esters is 1. The van der Waals surface area contributed by atoms with Crippen molar-refractivity contribution in [3.63, 3.8) is 0 Å². The Hall–Kier alpha value is -2.90. The van der Waals surface area contributed by atoms with E-state index < -0.39 is 18.5 Å². The lowest BCUT2D eigenvalue weighted by Crippen LogP contribution is -2.21. The summed E-state index contributed by atoms with van der Waals surface area (Å²) in [7, 11) is 1.48. The van der Waals surface area contributed by atoms with E-state index in [1.165, 1.54) is 18.4 Å². The summed E-state index contributed by atoms with van der Waals surface area (Å²) in [5.41, 5.74) is 2.72. The molecule has 1 aromatic heterocycles. The number of carbonyl (C=O) groups excluding carboxylic acids is 2. The van der Waals surface area contributed by atoms with Crippen LogP contribution in [0.2, 0.25) is 5.02 Å². The Morgan fingerprint density at radius 3 is 2.59 bits per heavy atom. The molecule has 1 amide bonds. The van der Waals surface area contributed by atoms with E-state index in [1.54, 1.807) is 19.1 Å². The summed E-state index contributed by atoms with van der Waals surface area (Å²) >= 11 is 7.30. The average molecular weight is 431 g/mol. The first kappa shape index (κ1) is 20.8. The summed E-state index contributed by atoms with van der Waals surface area (Å²) in [6.45, 7) is 3.12. The molecule has 0 spiro atoms. The number of rotatable bonds is 6. The monoisotopic (exact) mass is 430 g/mol. The zero-order valence-corrected chi connectivity index (χ0v) is 17.7. The Kier molecular flexibility index (Phi) is 6.51. The molecule has 0 bridgehead atoms. The molecule has 29 heavy (non-hydrogen) atoms. The van der Waals surface area contributed by atoms with E-state index in [-0.39, 0.29) is 0 Å². The first-order valence-corrected chi connectivity index (χ1v) is 9.92. The lowest BCUT2D eigenvalue weighted by molar-refractivity contribution is -0.119. The van der Waals surface area contributed by atoms with Gasteiger partial charge in [0, 0.05) is 16.7 Å². The quantitative estimate of drug-likeness (QED) is 0.563. The zero-order valence-electron chi connectivity index (χ0n) is 16.1. The molecule has 3 aromatic rings. The molecular weight excluding hydrogens is 412 g/mol. The van der Waals surface area contributed by atoms with Gasteiger partial charge in [-0.1, -0.05) is 41.9 Å². The first-order valence-electron chi connectivity index (χ1n) is 8.73. The molecule has 2 aromatic carbocycles. The molecule has 0 aliphatic carbocycles. The summed E-state index contributed by atoms with van der Waals surface area (Å²) in [6, 6.07) is 12.9. The molecule has 0 fully saturated rings. The van der Waals surface area contributed by atoms with E-state index in [0.717, 1.165) is 16.1 Å². The van der Waals surface area contributed by atoms with Crippen molar-refractivity contribution in [1.29, 1.82) is 0 Å². The van der Waals surface area contributed by atoms with E-state index in [9.17, 15) is 9.59 Å². The molecule has 3 rings (SSSR count). The maximum Gasteiger partial charge on any atom is 0.350 e. The number of anilines is 1. The van der Waals surface area contributed by atoms with Crippen LogP contribution < -0.4 is 10.1 Å². The molecule has 1 N–H and O–H groups in total. The van der Waals surface area contributed by atoms with Crippen molar-refractivity contribution >= 4 is 40.5 Å². The topological polar surface area (TPSA) is 77.5 Å². The van der Waals surface area contributed by atoms with Gasteiger partial charge in [0.1, 0.15) is 15.6 Å². The van der Waals surface area contributed by atoms with Gasteiger partial charge in [-0.25, -0.2) is 9.78 Å². The molecule has 150 valence electrons. The fraction of sp³-hybridized carbons (Fsp3) is 0.190. The summed E-state index contributed by atoms with van der Waals surface area (Å²) in [4.78, 5) is 29.4. The number of aryl methyl sites for hydroxylation is 2. The third-order valence-electron chi connectivity index (χ3n) is 4.09. The number of aromatic nitrogens is 1. The standard InChI is InChI=1S/C21H19ClN2O4S/c1-12-9-16(17(27-3)10-15(12)22)24-18(25)11-28-21(26)19-13(2)23-20(29-19)14-7-5-4-6-8-14/h4-10H,11H2,1-3H3,(H,24,25). The van der Waals surface area contributed by atoms with Crippen LogP contribution in [-0.4, -0.2) is 30.6 Å². The number of amides is 1. The number of hydrogen-bond acceptors (Lipinski definition) is 6. The summed E-state index contributed by atoms with van der Waals surface area (Å²) < 4.78 is 10.4. The predicted molar refractivity (Wildman–Crippen MR) is 114 cm³/mol. The highest BCUT2D eigenvalue weighted by Crippen LogP contribution is 2.31. The molecule has 0 unspecified atom stereocenters. The number of nitrogens with zero attached hydrogens (tertiary/aromatic N) is 1. The lowest BCUT2D eigenvalue weighted by atomic mass is 10.2. The molecule has 8 heteroatoms. The molecule has 0 radical (unpaired) electrons. The number of halogens is 1. The van der Waals surface area contributed by atoms with Crippen LogP contribution in [0.25, 0.3) is 10.6 Å². The van der Waals surface area contributed by atoms with Crippen molar-refractivity contribution in [2.45, 2.75) is 13.8 Å². The average Bonchev–Trinajstić information content (AvgIpc) is 3.11. The second kappa shape index (κ2) is 9.07. The van der Waals surface area contributed by atoms with Gasteiger partial charge in [0.05, 0.1) is 18.5 Å². The van der Waals surface area contributed by atoms with Crippen molar-refractivity contribution in [3.05, 3.63) is 63.6 Å². The maximum atomic E-state index is 12.4. The highest BCUT2D eigenvalue weighted by Gasteiger charge is 2.19. The molecule has 0 atom stereocenters. The van der Waals surface area contributed by atoms with Gasteiger partial charge in [0.25, 0.3) is 5.91 Å². The Morgan fingerprint density at radius 2 is 1.90 bits per heavy atom. The number of hydrogen-bond donors (Lipinski definition) is 1. The minimum Gasteiger partial charge on any atom is -0.495 e. The predicted octanol–water partition coefficient (Wildman–Crippen LogP) is 4.88. The van der Waals surface area contributed by atoms with Crippen LogP contribution in [0, 0.1) is 13.8 Å². The Bertz CT molecular complexity index is 1050. The van der Waals surface area contributed by atoms with Gasteiger partial charge < -0.3 is 14.8 Å². The lowest BCUT2D eigenvalue weighted by Gasteiger charge is -2.12. The van der Waals surface area contributed by atoms with E-state index in [0.29, 0.717) is 27.0 Å². The van der Waals surface area contributed by atoms with Gasteiger partial charge >= 0.3 is 5.97 Å². The van der Waals surface area contributed by atoms with Crippen LogP contribution in [0.5, 0.6) is 5.75 Å². The van der Waals surface area contributed by atoms with E-state index in [1.807, 2.05) is 37.3 Å². The molecule has 0 aliphatic rings. The fourth-order valence-corrected chi connectivity index (χ4v) is 3.72. The number of carbonyl (C=O) groups is 2. The molecule has 0 saturated heterocycles. The zero-order chi connectivity index (χ0) is 21.0. The van der Waals surface area contributed by atoms with Crippen molar-refractivity contribution in [2.75, 3.05) is 19.0 Å². The van der Waals surface area contributed by atoms with Crippen molar-refractivity contribution in [2.24, 2.45) is 0 Å².